The molecule has 0 aliphatic carbocycles. The number of aromatic nitrogens is 1. The van der Waals surface area contributed by atoms with E-state index < -0.39 is 0 Å². The molecule has 0 bridgehead atoms. The first-order valence-corrected chi connectivity index (χ1v) is 7.18. The molecule has 21 heavy (non-hydrogen) atoms. The van der Waals surface area contributed by atoms with E-state index in [1.807, 2.05) is 30.5 Å². The molecule has 2 rings (SSSR count). The third-order valence-electron chi connectivity index (χ3n) is 2.42. The summed E-state index contributed by atoms with van der Waals surface area (Å²) in [5, 5.41) is 7.44. The van der Waals surface area contributed by atoms with Gasteiger partial charge in [-0.15, -0.1) is 11.3 Å². The van der Waals surface area contributed by atoms with Crippen molar-refractivity contribution in [3.63, 3.8) is 0 Å². The maximum absolute atomic E-state index is 11.6. The molecule has 7 heteroatoms. The predicted molar refractivity (Wildman–Crippen MR) is 80.4 cm³/mol. The first-order chi connectivity index (χ1) is 10.1. The summed E-state index contributed by atoms with van der Waals surface area (Å²) in [6.45, 7) is 1.60. The first kappa shape index (κ1) is 15.0. The SMILES string of the molecule is Cc1csc(NC(=O)CNC(=O)COc2ccccc2)n1. The van der Waals surface area contributed by atoms with Crippen LogP contribution in [0, 0.1) is 6.92 Å². The topological polar surface area (TPSA) is 80.3 Å². The van der Waals surface area contributed by atoms with Crippen molar-refractivity contribution in [1.82, 2.24) is 10.3 Å². The van der Waals surface area contributed by atoms with Crippen LogP contribution >= 0.6 is 11.3 Å². The molecular formula is C14H15N3O3S. The van der Waals surface area contributed by atoms with Gasteiger partial charge in [0.15, 0.2) is 11.7 Å². The van der Waals surface area contributed by atoms with E-state index in [-0.39, 0.29) is 25.0 Å². The van der Waals surface area contributed by atoms with E-state index in [1.54, 1.807) is 12.1 Å². The van der Waals surface area contributed by atoms with Crippen LogP contribution in [0.1, 0.15) is 5.69 Å². The van der Waals surface area contributed by atoms with E-state index in [9.17, 15) is 9.59 Å². The van der Waals surface area contributed by atoms with E-state index >= 15 is 0 Å². The molecule has 0 aliphatic heterocycles. The van der Waals surface area contributed by atoms with Gasteiger partial charge >= 0.3 is 0 Å². The maximum Gasteiger partial charge on any atom is 0.258 e. The number of carbonyl (C=O) groups excluding carboxylic acids is 2. The maximum atomic E-state index is 11.6. The van der Waals surface area contributed by atoms with Gasteiger partial charge in [0.05, 0.1) is 12.2 Å². The number of benzene rings is 1. The molecule has 1 heterocycles. The van der Waals surface area contributed by atoms with Gasteiger partial charge in [0.25, 0.3) is 5.91 Å². The van der Waals surface area contributed by atoms with Crippen molar-refractivity contribution in [1.29, 1.82) is 0 Å². The fourth-order valence-corrected chi connectivity index (χ4v) is 2.17. The number of aryl methyl sites for hydroxylation is 1. The smallest absolute Gasteiger partial charge is 0.258 e. The second-order valence-corrected chi connectivity index (χ2v) is 5.08. The summed E-state index contributed by atoms with van der Waals surface area (Å²) >= 11 is 1.34. The number of ether oxygens (including phenoxy) is 1. The van der Waals surface area contributed by atoms with Gasteiger partial charge in [0, 0.05) is 5.38 Å². The van der Waals surface area contributed by atoms with Crippen LogP contribution in [-0.4, -0.2) is 29.9 Å². The van der Waals surface area contributed by atoms with Crippen molar-refractivity contribution in [2.24, 2.45) is 0 Å². The number of thiazole rings is 1. The van der Waals surface area contributed by atoms with Gasteiger partial charge in [-0.05, 0) is 19.1 Å². The number of rotatable bonds is 6. The highest BCUT2D eigenvalue weighted by molar-refractivity contribution is 7.13. The van der Waals surface area contributed by atoms with Gasteiger partial charge in [0.1, 0.15) is 5.75 Å². The second kappa shape index (κ2) is 7.39. The molecule has 0 unspecified atom stereocenters. The Bertz CT molecular complexity index is 613. The number of hydrogen-bond acceptors (Lipinski definition) is 5. The number of carbonyl (C=O) groups is 2. The molecule has 2 aromatic rings. The van der Waals surface area contributed by atoms with Gasteiger partial charge < -0.3 is 15.4 Å². The van der Waals surface area contributed by atoms with E-state index in [1.165, 1.54) is 11.3 Å². The first-order valence-electron chi connectivity index (χ1n) is 6.30. The number of anilines is 1. The lowest BCUT2D eigenvalue weighted by Gasteiger charge is -2.07. The number of nitrogens with one attached hydrogen (secondary N) is 2. The third-order valence-corrected chi connectivity index (χ3v) is 3.30. The Labute approximate surface area is 126 Å². The van der Waals surface area contributed by atoms with E-state index in [4.69, 9.17) is 4.74 Å². The van der Waals surface area contributed by atoms with Crippen LogP contribution in [0.5, 0.6) is 5.75 Å². The number of nitrogens with zero attached hydrogens (tertiary/aromatic N) is 1. The predicted octanol–water partition coefficient (Wildman–Crippen LogP) is 1.59. The van der Waals surface area contributed by atoms with Gasteiger partial charge in [-0.25, -0.2) is 4.98 Å². The molecule has 1 aromatic carbocycles. The highest BCUT2D eigenvalue weighted by atomic mass is 32.1. The number of para-hydroxylation sites is 1. The van der Waals surface area contributed by atoms with E-state index in [0.29, 0.717) is 10.9 Å². The zero-order valence-electron chi connectivity index (χ0n) is 11.5. The van der Waals surface area contributed by atoms with Crippen LogP contribution in [0.2, 0.25) is 0 Å². The molecule has 0 radical (unpaired) electrons. The molecule has 2 N–H and O–H groups in total. The zero-order valence-corrected chi connectivity index (χ0v) is 12.3. The molecule has 2 amide bonds. The quantitative estimate of drug-likeness (QED) is 0.849. The average Bonchev–Trinajstić information content (AvgIpc) is 2.89. The summed E-state index contributed by atoms with van der Waals surface area (Å²) in [5.74, 6) is -0.0721. The number of amides is 2. The summed E-state index contributed by atoms with van der Waals surface area (Å²) in [6.07, 6.45) is 0. The normalized spacial score (nSPS) is 9.95. The van der Waals surface area contributed by atoms with Crippen LogP contribution < -0.4 is 15.4 Å². The summed E-state index contributed by atoms with van der Waals surface area (Å²) in [5.41, 5.74) is 0.843. The summed E-state index contributed by atoms with van der Waals surface area (Å²) < 4.78 is 5.27. The highest BCUT2D eigenvalue weighted by Gasteiger charge is 2.08. The molecule has 1 aromatic heterocycles. The molecule has 0 saturated heterocycles. The zero-order chi connectivity index (χ0) is 15.1. The number of hydrogen-bond donors (Lipinski definition) is 2. The van der Waals surface area contributed by atoms with E-state index in [2.05, 4.69) is 15.6 Å². The van der Waals surface area contributed by atoms with Gasteiger partial charge in [-0.2, -0.15) is 0 Å². The molecule has 0 spiro atoms. The Balaban J connectivity index is 1.67. The standard InChI is InChI=1S/C14H15N3O3S/c1-10-9-21-14(16-10)17-12(18)7-15-13(19)8-20-11-5-3-2-4-6-11/h2-6,9H,7-8H2,1H3,(H,15,19)(H,16,17,18). The van der Waals surface area contributed by atoms with Crippen LogP contribution in [0.3, 0.4) is 0 Å². The van der Waals surface area contributed by atoms with Crippen LogP contribution in [-0.2, 0) is 9.59 Å². The van der Waals surface area contributed by atoms with Crippen LogP contribution in [0.15, 0.2) is 35.7 Å². The Hall–Kier alpha value is -2.41. The van der Waals surface area contributed by atoms with Gasteiger partial charge in [-0.1, -0.05) is 18.2 Å². The van der Waals surface area contributed by atoms with Crippen molar-refractivity contribution < 1.29 is 14.3 Å². The Morgan fingerprint density at radius 3 is 2.67 bits per heavy atom. The molecule has 0 fully saturated rings. The molecule has 0 aliphatic rings. The Morgan fingerprint density at radius 2 is 2.00 bits per heavy atom. The minimum Gasteiger partial charge on any atom is -0.484 e. The van der Waals surface area contributed by atoms with E-state index in [0.717, 1.165) is 5.69 Å². The Morgan fingerprint density at radius 1 is 1.24 bits per heavy atom. The second-order valence-electron chi connectivity index (χ2n) is 4.22. The lowest BCUT2D eigenvalue weighted by Crippen LogP contribution is -2.35. The monoisotopic (exact) mass is 305 g/mol. The fourth-order valence-electron chi connectivity index (χ4n) is 1.47. The summed E-state index contributed by atoms with van der Waals surface area (Å²) in [4.78, 5) is 27.3. The van der Waals surface area contributed by atoms with Gasteiger partial charge in [-0.3, -0.25) is 9.59 Å². The largest absolute Gasteiger partial charge is 0.484 e. The van der Waals surface area contributed by atoms with Crippen molar-refractivity contribution in [2.75, 3.05) is 18.5 Å². The third kappa shape index (κ3) is 5.23. The lowest BCUT2D eigenvalue weighted by atomic mass is 10.3. The van der Waals surface area contributed by atoms with Crippen LogP contribution in [0.4, 0.5) is 5.13 Å². The fraction of sp³-hybridized carbons (Fsp3) is 0.214. The average molecular weight is 305 g/mol. The van der Waals surface area contributed by atoms with Crippen molar-refractivity contribution in [3.8, 4) is 5.75 Å². The van der Waals surface area contributed by atoms with Crippen molar-refractivity contribution in [2.45, 2.75) is 6.92 Å². The Kier molecular flexibility index (Phi) is 5.28. The molecular weight excluding hydrogens is 290 g/mol. The minimum atomic E-state index is -0.357. The summed E-state index contributed by atoms with van der Waals surface area (Å²) in [7, 11) is 0. The minimum absolute atomic E-state index is 0.115. The molecule has 0 atom stereocenters. The molecule has 110 valence electrons. The van der Waals surface area contributed by atoms with Crippen LogP contribution in [0.25, 0.3) is 0 Å². The van der Waals surface area contributed by atoms with Crippen molar-refractivity contribution >= 4 is 28.3 Å². The summed E-state index contributed by atoms with van der Waals surface area (Å²) in [6, 6.07) is 9.00. The molecule has 0 saturated carbocycles. The van der Waals surface area contributed by atoms with Crippen molar-refractivity contribution in [3.05, 3.63) is 41.4 Å². The highest BCUT2D eigenvalue weighted by Crippen LogP contribution is 2.13. The molecule has 6 nitrogen and oxygen atoms in total. The lowest BCUT2D eigenvalue weighted by molar-refractivity contribution is -0.125. The van der Waals surface area contributed by atoms with Gasteiger partial charge in [0.2, 0.25) is 5.91 Å².